The number of hydrogen-bond acceptors (Lipinski definition) is 3. The molecule has 3 heteroatoms. The van der Waals surface area contributed by atoms with E-state index < -0.39 is 0 Å². The zero-order chi connectivity index (χ0) is 16.6. The third-order valence-electron chi connectivity index (χ3n) is 2.22. The normalized spacial score (nSPS) is 8.60. The van der Waals surface area contributed by atoms with Gasteiger partial charge in [0.25, 0.3) is 0 Å². The van der Waals surface area contributed by atoms with Crippen LogP contribution in [0.2, 0.25) is 0 Å². The van der Waals surface area contributed by atoms with Gasteiger partial charge in [0, 0.05) is 20.3 Å². The van der Waals surface area contributed by atoms with E-state index in [4.69, 9.17) is 4.74 Å². The summed E-state index contributed by atoms with van der Waals surface area (Å²) >= 11 is 0. The highest BCUT2D eigenvalue weighted by Gasteiger charge is 1.96. The second-order valence-corrected chi connectivity index (χ2v) is 3.51. The highest BCUT2D eigenvalue weighted by Crippen LogP contribution is 1.89. The van der Waals surface area contributed by atoms with Crippen LogP contribution < -0.4 is 5.73 Å². The molecule has 0 fully saturated rings. The second kappa shape index (κ2) is 36.1. The van der Waals surface area contributed by atoms with E-state index in [0.717, 1.165) is 26.1 Å². The molecule has 0 aliphatic carbocycles. The van der Waals surface area contributed by atoms with E-state index in [0.29, 0.717) is 0 Å². The summed E-state index contributed by atoms with van der Waals surface area (Å²) in [5.41, 5.74) is 4.50. The first-order valence-electron chi connectivity index (χ1n) is 7.28. The molecule has 122 valence electrons. The molecular formula is C17H38N2O. The molecular weight excluding hydrogens is 248 g/mol. The van der Waals surface area contributed by atoms with Crippen molar-refractivity contribution in [2.24, 2.45) is 5.73 Å². The lowest BCUT2D eigenvalue weighted by Gasteiger charge is -2.16. The van der Waals surface area contributed by atoms with Crippen molar-refractivity contribution in [2.45, 2.75) is 34.1 Å². The summed E-state index contributed by atoms with van der Waals surface area (Å²) in [5, 5.41) is 0. The number of rotatable bonds is 7. The van der Waals surface area contributed by atoms with Gasteiger partial charge in [0.05, 0.1) is 0 Å². The summed E-state index contributed by atoms with van der Waals surface area (Å²) in [6.07, 6.45) is 8.43. The highest BCUT2D eigenvalue weighted by molar-refractivity contribution is 4.88. The summed E-state index contributed by atoms with van der Waals surface area (Å²) in [5.74, 6) is 0. The quantitative estimate of drug-likeness (QED) is 0.438. The third kappa shape index (κ3) is 43.5. The Morgan fingerprint density at radius 1 is 1.00 bits per heavy atom. The Bertz CT molecular complexity index is 166. The van der Waals surface area contributed by atoms with Crippen molar-refractivity contribution in [3.8, 4) is 0 Å². The molecule has 3 nitrogen and oxygen atoms in total. The lowest BCUT2D eigenvalue weighted by molar-refractivity contribution is 0.175. The number of hydrogen-bond donors (Lipinski definition) is 1. The molecule has 0 spiro atoms. The fraction of sp³-hybridized carbons (Fsp3) is 0.647. The van der Waals surface area contributed by atoms with Crippen LogP contribution in [-0.4, -0.2) is 45.3 Å². The molecule has 0 bridgehead atoms. The van der Waals surface area contributed by atoms with Crippen LogP contribution in [0.5, 0.6) is 0 Å². The van der Waals surface area contributed by atoms with Crippen LogP contribution in [0.25, 0.3) is 0 Å². The van der Waals surface area contributed by atoms with Crippen molar-refractivity contribution in [1.29, 1.82) is 0 Å². The van der Waals surface area contributed by atoms with Gasteiger partial charge >= 0.3 is 0 Å². The Morgan fingerprint density at radius 3 is 1.60 bits per heavy atom. The van der Waals surface area contributed by atoms with E-state index in [1.165, 1.54) is 13.6 Å². The van der Waals surface area contributed by atoms with Crippen LogP contribution in [0.3, 0.4) is 0 Å². The van der Waals surface area contributed by atoms with Gasteiger partial charge in [-0.15, -0.1) is 0 Å². The van der Waals surface area contributed by atoms with E-state index >= 15 is 0 Å². The van der Waals surface area contributed by atoms with Crippen molar-refractivity contribution >= 4 is 0 Å². The molecule has 0 heterocycles. The SMILES string of the molecule is C/C=C\C.C=CC=C.CCN(CC)CCCOC.CN. The van der Waals surface area contributed by atoms with E-state index in [-0.39, 0.29) is 0 Å². The van der Waals surface area contributed by atoms with Crippen LogP contribution in [0, 0.1) is 0 Å². The maximum absolute atomic E-state index is 4.95. The van der Waals surface area contributed by atoms with Crippen LogP contribution in [-0.2, 0) is 4.74 Å². The fourth-order valence-corrected chi connectivity index (χ4v) is 0.972. The van der Waals surface area contributed by atoms with Gasteiger partial charge in [-0.1, -0.05) is 51.3 Å². The van der Waals surface area contributed by atoms with Gasteiger partial charge in [0.15, 0.2) is 0 Å². The van der Waals surface area contributed by atoms with Crippen molar-refractivity contribution in [2.75, 3.05) is 40.4 Å². The first-order chi connectivity index (χ1) is 9.67. The molecule has 0 rings (SSSR count). The predicted molar refractivity (Wildman–Crippen MR) is 95.3 cm³/mol. The minimum atomic E-state index is 0.885. The van der Waals surface area contributed by atoms with Crippen molar-refractivity contribution in [1.82, 2.24) is 4.90 Å². The van der Waals surface area contributed by atoms with Crippen molar-refractivity contribution in [3.63, 3.8) is 0 Å². The summed E-state index contributed by atoms with van der Waals surface area (Å²) in [4.78, 5) is 2.40. The summed E-state index contributed by atoms with van der Waals surface area (Å²) in [6.45, 7) is 19.5. The maximum atomic E-state index is 4.95. The fourth-order valence-electron chi connectivity index (χ4n) is 0.972. The maximum Gasteiger partial charge on any atom is 0.0474 e. The zero-order valence-corrected chi connectivity index (χ0v) is 14.7. The first kappa shape index (κ1) is 27.4. The minimum Gasteiger partial charge on any atom is -0.385 e. The van der Waals surface area contributed by atoms with Crippen LogP contribution in [0.15, 0.2) is 37.5 Å². The van der Waals surface area contributed by atoms with Gasteiger partial charge in [-0.3, -0.25) is 0 Å². The molecule has 0 atom stereocenters. The number of nitrogens with zero attached hydrogens (tertiary/aromatic N) is 1. The Labute approximate surface area is 128 Å². The lowest BCUT2D eigenvalue weighted by Crippen LogP contribution is -2.24. The zero-order valence-electron chi connectivity index (χ0n) is 14.7. The Morgan fingerprint density at radius 2 is 1.40 bits per heavy atom. The summed E-state index contributed by atoms with van der Waals surface area (Å²) < 4.78 is 4.95. The minimum absolute atomic E-state index is 0.885. The van der Waals surface area contributed by atoms with Crippen molar-refractivity contribution < 1.29 is 4.74 Å². The van der Waals surface area contributed by atoms with E-state index in [9.17, 15) is 0 Å². The number of methoxy groups -OCH3 is 1. The van der Waals surface area contributed by atoms with Gasteiger partial charge in [-0.05, 0) is 40.4 Å². The molecule has 0 saturated carbocycles. The molecule has 0 saturated heterocycles. The van der Waals surface area contributed by atoms with Gasteiger partial charge in [0.2, 0.25) is 0 Å². The van der Waals surface area contributed by atoms with E-state index in [2.05, 4.69) is 37.6 Å². The number of ether oxygens (including phenoxy) is 1. The molecule has 0 amide bonds. The van der Waals surface area contributed by atoms with E-state index in [1.807, 2.05) is 26.0 Å². The van der Waals surface area contributed by atoms with Gasteiger partial charge in [-0.25, -0.2) is 0 Å². The van der Waals surface area contributed by atoms with Crippen LogP contribution in [0.1, 0.15) is 34.1 Å². The Hall–Kier alpha value is -0.900. The van der Waals surface area contributed by atoms with Gasteiger partial charge in [0.1, 0.15) is 0 Å². The second-order valence-electron chi connectivity index (χ2n) is 3.51. The molecule has 0 aromatic heterocycles. The Kier molecular flexibility index (Phi) is 49.6. The molecule has 0 aliphatic rings. The summed E-state index contributed by atoms with van der Waals surface area (Å²) in [7, 11) is 3.25. The van der Waals surface area contributed by atoms with Crippen LogP contribution in [0.4, 0.5) is 0 Å². The standard InChI is InChI=1S/C8H19NO.C4H8.C4H6.CH5N/c1-4-9(5-2)7-6-8-10-3;2*1-3-4-2;1-2/h4-8H2,1-3H3;3-4H,1-2H3;3-4H,1-2H2;2H2,1H3/b;4-3-;;. The average molecular weight is 287 g/mol. The monoisotopic (exact) mass is 286 g/mol. The third-order valence-corrected chi connectivity index (χ3v) is 2.22. The molecule has 0 radical (unpaired) electrons. The molecule has 0 aromatic rings. The van der Waals surface area contributed by atoms with Crippen LogP contribution >= 0.6 is 0 Å². The smallest absolute Gasteiger partial charge is 0.0474 e. The Balaban J connectivity index is -0.000000106. The number of nitrogens with two attached hydrogens (primary N) is 1. The molecule has 20 heavy (non-hydrogen) atoms. The number of allylic oxidation sites excluding steroid dienone is 4. The lowest BCUT2D eigenvalue weighted by atomic mass is 10.4. The molecule has 0 aromatic carbocycles. The topological polar surface area (TPSA) is 38.5 Å². The van der Waals surface area contributed by atoms with Crippen molar-refractivity contribution in [3.05, 3.63) is 37.5 Å². The average Bonchev–Trinajstić information content (AvgIpc) is 2.54. The highest BCUT2D eigenvalue weighted by atomic mass is 16.5. The van der Waals surface area contributed by atoms with E-state index in [1.54, 1.807) is 19.3 Å². The molecule has 0 unspecified atom stereocenters. The van der Waals surface area contributed by atoms with Gasteiger partial charge < -0.3 is 15.4 Å². The molecule has 0 aliphatic heterocycles. The summed E-state index contributed by atoms with van der Waals surface area (Å²) in [6, 6.07) is 0. The predicted octanol–water partition coefficient (Wildman–Crippen LogP) is 3.88. The largest absolute Gasteiger partial charge is 0.385 e. The first-order valence-corrected chi connectivity index (χ1v) is 7.28. The molecule has 2 N–H and O–H groups in total. The van der Waals surface area contributed by atoms with Gasteiger partial charge in [-0.2, -0.15) is 0 Å².